The molecule has 0 radical (unpaired) electrons. The number of methoxy groups -OCH3 is 1. The fourth-order valence-electron chi connectivity index (χ4n) is 4.62. The fraction of sp³-hybridized carbons (Fsp3) is 0.435. The third-order valence-electron chi connectivity index (χ3n) is 6.31. The minimum Gasteiger partial charge on any atom is -0.497 e. The number of morpholine rings is 1. The van der Waals surface area contributed by atoms with Crippen LogP contribution in [0.3, 0.4) is 0 Å². The second-order valence-electron chi connectivity index (χ2n) is 8.44. The molecule has 2 aliphatic rings. The maximum Gasteiger partial charge on any atom is 0.274 e. The average molecular weight is 471 g/mol. The number of hydrogen-bond donors (Lipinski definition) is 0. The quantitative estimate of drug-likeness (QED) is 0.576. The Morgan fingerprint density at radius 3 is 2.52 bits per heavy atom. The van der Waals surface area contributed by atoms with Crippen molar-refractivity contribution in [3.63, 3.8) is 0 Å². The maximum absolute atomic E-state index is 13.5. The van der Waals surface area contributed by atoms with Gasteiger partial charge in [0.05, 0.1) is 49.1 Å². The molecule has 2 aliphatic heterocycles. The highest BCUT2D eigenvalue weighted by atomic mass is 32.2. The standard InChI is InChI=1S/C23H26N4O5S/c1-15-24-21-20(27(15)17-7-12-33(29,30)14-17)13-19(16-3-5-18(31-2)6-4-16)25-22(21)23(28)26-8-10-32-11-9-26/h3-6,13,17H,7-12,14H2,1-2H3. The van der Waals surface area contributed by atoms with Crippen LogP contribution in [0.2, 0.25) is 0 Å². The lowest BCUT2D eigenvalue weighted by molar-refractivity contribution is 0.0300. The van der Waals surface area contributed by atoms with Gasteiger partial charge in [-0.05, 0) is 43.7 Å². The molecule has 1 atom stereocenters. The largest absolute Gasteiger partial charge is 0.497 e. The molecule has 0 aliphatic carbocycles. The van der Waals surface area contributed by atoms with Crippen molar-refractivity contribution in [3.8, 4) is 17.0 Å². The van der Waals surface area contributed by atoms with Crippen LogP contribution in [0.4, 0.5) is 0 Å². The molecule has 4 heterocycles. The van der Waals surface area contributed by atoms with E-state index in [1.54, 1.807) is 12.0 Å². The molecule has 0 spiro atoms. The maximum atomic E-state index is 13.5. The second-order valence-corrected chi connectivity index (χ2v) is 10.7. The Kier molecular flexibility index (Phi) is 5.57. The number of sulfone groups is 1. The van der Waals surface area contributed by atoms with Gasteiger partial charge in [-0.25, -0.2) is 18.4 Å². The molecule has 33 heavy (non-hydrogen) atoms. The van der Waals surface area contributed by atoms with Gasteiger partial charge in [-0.3, -0.25) is 4.79 Å². The van der Waals surface area contributed by atoms with Gasteiger partial charge in [0.2, 0.25) is 0 Å². The Hall–Kier alpha value is -2.98. The van der Waals surface area contributed by atoms with Crippen LogP contribution < -0.4 is 4.74 Å². The van der Waals surface area contributed by atoms with Gasteiger partial charge in [0.15, 0.2) is 15.5 Å². The van der Waals surface area contributed by atoms with Crippen LogP contribution in [-0.2, 0) is 14.6 Å². The number of imidazole rings is 1. The van der Waals surface area contributed by atoms with Crippen LogP contribution in [-0.4, -0.2) is 78.7 Å². The van der Waals surface area contributed by atoms with Crippen LogP contribution in [0, 0.1) is 6.92 Å². The van der Waals surface area contributed by atoms with Crippen LogP contribution >= 0.6 is 0 Å². The summed E-state index contributed by atoms with van der Waals surface area (Å²) in [6, 6.07) is 9.16. The van der Waals surface area contributed by atoms with Crippen molar-refractivity contribution in [1.82, 2.24) is 19.4 Å². The van der Waals surface area contributed by atoms with Gasteiger partial charge in [-0.15, -0.1) is 0 Å². The molecule has 0 N–H and O–H groups in total. The summed E-state index contributed by atoms with van der Waals surface area (Å²) in [5, 5.41) is 0. The monoisotopic (exact) mass is 470 g/mol. The Morgan fingerprint density at radius 2 is 1.88 bits per heavy atom. The molecule has 10 heteroatoms. The first kappa shape index (κ1) is 21.8. The molecular weight excluding hydrogens is 444 g/mol. The SMILES string of the molecule is COc1ccc(-c2cc3c(nc(C)n3C3CCS(=O)(=O)C3)c(C(=O)N3CCOCC3)n2)cc1. The third kappa shape index (κ3) is 4.08. The number of carbonyl (C=O) groups is 1. The second kappa shape index (κ2) is 8.42. The number of nitrogens with zero attached hydrogens (tertiary/aromatic N) is 4. The summed E-state index contributed by atoms with van der Waals surface area (Å²) in [6.07, 6.45) is 0.529. The van der Waals surface area contributed by atoms with Crippen LogP contribution in [0.5, 0.6) is 5.75 Å². The first-order valence-corrected chi connectivity index (χ1v) is 12.8. The van der Waals surface area contributed by atoms with E-state index < -0.39 is 9.84 Å². The van der Waals surface area contributed by atoms with E-state index in [9.17, 15) is 13.2 Å². The number of ether oxygens (including phenoxy) is 2. The van der Waals surface area contributed by atoms with E-state index in [4.69, 9.17) is 19.4 Å². The molecule has 5 rings (SSSR count). The summed E-state index contributed by atoms with van der Waals surface area (Å²) in [7, 11) is -1.48. The molecule has 2 aromatic heterocycles. The molecule has 2 fully saturated rings. The van der Waals surface area contributed by atoms with Gasteiger partial charge < -0.3 is 18.9 Å². The molecule has 0 bridgehead atoms. The number of aryl methyl sites for hydroxylation is 1. The lowest BCUT2D eigenvalue weighted by Crippen LogP contribution is -2.41. The molecule has 174 valence electrons. The number of aromatic nitrogens is 3. The van der Waals surface area contributed by atoms with Crippen molar-refractivity contribution in [2.24, 2.45) is 0 Å². The minimum atomic E-state index is -3.09. The van der Waals surface area contributed by atoms with Gasteiger partial charge in [-0.1, -0.05) is 0 Å². The van der Waals surface area contributed by atoms with Crippen molar-refractivity contribution in [2.75, 3.05) is 44.9 Å². The lowest BCUT2D eigenvalue weighted by atomic mass is 10.1. The van der Waals surface area contributed by atoms with Gasteiger partial charge in [0.25, 0.3) is 5.91 Å². The molecule has 2 saturated heterocycles. The summed E-state index contributed by atoms with van der Waals surface area (Å²) >= 11 is 0. The molecule has 3 aromatic rings. The summed E-state index contributed by atoms with van der Waals surface area (Å²) in [4.78, 5) is 24.7. The zero-order valence-corrected chi connectivity index (χ0v) is 19.5. The topological polar surface area (TPSA) is 104 Å². The first-order valence-electron chi connectivity index (χ1n) is 11.0. The van der Waals surface area contributed by atoms with Crippen LogP contribution in [0.25, 0.3) is 22.3 Å². The van der Waals surface area contributed by atoms with E-state index in [1.165, 1.54) is 0 Å². The zero-order valence-electron chi connectivity index (χ0n) is 18.7. The number of rotatable bonds is 4. The van der Waals surface area contributed by atoms with Crippen molar-refractivity contribution >= 4 is 26.8 Å². The highest BCUT2D eigenvalue weighted by molar-refractivity contribution is 7.91. The molecule has 9 nitrogen and oxygen atoms in total. The van der Waals surface area contributed by atoms with E-state index in [0.717, 1.165) is 16.8 Å². The van der Waals surface area contributed by atoms with Crippen LogP contribution in [0.1, 0.15) is 28.8 Å². The molecule has 1 aromatic carbocycles. The Balaban J connectivity index is 1.68. The van der Waals surface area contributed by atoms with Crippen molar-refractivity contribution in [3.05, 3.63) is 41.9 Å². The van der Waals surface area contributed by atoms with Gasteiger partial charge in [0, 0.05) is 18.7 Å². The number of pyridine rings is 1. The zero-order chi connectivity index (χ0) is 23.2. The fourth-order valence-corrected chi connectivity index (χ4v) is 6.32. The van der Waals surface area contributed by atoms with Gasteiger partial charge in [0.1, 0.15) is 17.1 Å². The molecule has 0 saturated carbocycles. The number of amides is 1. The first-order chi connectivity index (χ1) is 15.9. The van der Waals surface area contributed by atoms with Gasteiger partial charge in [-0.2, -0.15) is 0 Å². The highest BCUT2D eigenvalue weighted by Gasteiger charge is 2.33. The van der Waals surface area contributed by atoms with Crippen molar-refractivity contribution in [2.45, 2.75) is 19.4 Å². The summed E-state index contributed by atoms with van der Waals surface area (Å²) in [5.74, 6) is 1.44. The van der Waals surface area contributed by atoms with Crippen molar-refractivity contribution < 1.29 is 22.7 Å². The summed E-state index contributed by atoms with van der Waals surface area (Å²) in [6.45, 7) is 3.81. The molecular formula is C23H26N4O5S. The van der Waals surface area contributed by atoms with Crippen LogP contribution in [0.15, 0.2) is 30.3 Å². The smallest absolute Gasteiger partial charge is 0.274 e. The average Bonchev–Trinajstić information content (AvgIpc) is 3.36. The Labute approximate surface area is 192 Å². The van der Waals surface area contributed by atoms with E-state index in [-0.39, 0.29) is 29.1 Å². The molecule has 1 amide bonds. The van der Waals surface area contributed by atoms with E-state index >= 15 is 0 Å². The number of benzene rings is 1. The van der Waals surface area contributed by atoms with E-state index in [2.05, 4.69) is 0 Å². The Bertz CT molecular complexity index is 1310. The highest BCUT2D eigenvalue weighted by Crippen LogP contribution is 2.33. The van der Waals surface area contributed by atoms with E-state index in [0.29, 0.717) is 49.8 Å². The number of hydrogen-bond acceptors (Lipinski definition) is 7. The van der Waals surface area contributed by atoms with E-state index in [1.807, 2.05) is 41.8 Å². The Morgan fingerprint density at radius 1 is 1.15 bits per heavy atom. The number of carbonyl (C=O) groups excluding carboxylic acids is 1. The summed E-state index contributed by atoms with van der Waals surface area (Å²) in [5.41, 5.74) is 2.97. The summed E-state index contributed by atoms with van der Waals surface area (Å²) < 4.78 is 37.0. The predicted molar refractivity (Wildman–Crippen MR) is 123 cm³/mol. The lowest BCUT2D eigenvalue weighted by Gasteiger charge is -2.26. The normalized spacial score (nSPS) is 20.3. The number of fused-ring (bicyclic) bond motifs is 1. The van der Waals surface area contributed by atoms with Crippen molar-refractivity contribution in [1.29, 1.82) is 0 Å². The van der Waals surface area contributed by atoms with Gasteiger partial charge >= 0.3 is 0 Å². The molecule has 1 unspecified atom stereocenters. The minimum absolute atomic E-state index is 0.0756. The predicted octanol–water partition coefficient (Wildman–Crippen LogP) is 2.25. The third-order valence-corrected chi connectivity index (χ3v) is 8.06.